The summed E-state index contributed by atoms with van der Waals surface area (Å²) in [5.41, 5.74) is 1.07. The summed E-state index contributed by atoms with van der Waals surface area (Å²) in [6, 6.07) is 0. The number of rotatable bonds is 7. The van der Waals surface area contributed by atoms with E-state index in [0.717, 1.165) is 5.92 Å². The molecule has 19 heavy (non-hydrogen) atoms. The van der Waals surface area contributed by atoms with Crippen LogP contribution in [0.3, 0.4) is 0 Å². The topological polar surface area (TPSA) is 0 Å². The molecule has 0 radical (unpaired) electrons. The first kappa shape index (κ1) is 24.0. The van der Waals surface area contributed by atoms with Crippen LogP contribution in [-0.2, 0) is 0 Å². The van der Waals surface area contributed by atoms with Gasteiger partial charge >= 0.3 is 0 Å². The molecule has 0 heteroatoms. The van der Waals surface area contributed by atoms with Crippen LogP contribution in [0, 0.1) is 16.7 Å². The van der Waals surface area contributed by atoms with Crippen LogP contribution < -0.4 is 0 Å². The van der Waals surface area contributed by atoms with Gasteiger partial charge < -0.3 is 0 Å². The molecular formula is C19H44. The van der Waals surface area contributed by atoms with Crippen molar-refractivity contribution < 1.29 is 0 Å². The minimum absolute atomic E-state index is 0.516. The molecule has 1 atom stereocenters. The van der Waals surface area contributed by atoms with E-state index < -0.39 is 0 Å². The predicted molar refractivity (Wildman–Crippen MR) is 93.9 cm³/mol. The standard InChI is InChI=1S/C15H32.2C2H6/c1-8-14(5,6)12-15(7,9-2)11-10-13(3)4;2*1-2/h13H,8-12H2,1-7H3;2*1-2H3. The van der Waals surface area contributed by atoms with Gasteiger partial charge in [-0.25, -0.2) is 0 Å². The Hall–Kier alpha value is 0. The summed E-state index contributed by atoms with van der Waals surface area (Å²) in [5, 5.41) is 0. The molecule has 0 saturated carbocycles. The molecular weight excluding hydrogens is 228 g/mol. The van der Waals surface area contributed by atoms with E-state index in [0.29, 0.717) is 10.8 Å². The maximum Gasteiger partial charge on any atom is -0.0323 e. The smallest absolute Gasteiger partial charge is 0.0323 e. The summed E-state index contributed by atoms with van der Waals surface area (Å²) < 4.78 is 0. The van der Waals surface area contributed by atoms with E-state index in [1.165, 1.54) is 32.1 Å². The molecule has 0 aromatic carbocycles. The van der Waals surface area contributed by atoms with Gasteiger partial charge in [0.25, 0.3) is 0 Å². The Kier molecular flexibility index (Phi) is 16.5. The average molecular weight is 273 g/mol. The van der Waals surface area contributed by atoms with E-state index in [4.69, 9.17) is 0 Å². The monoisotopic (exact) mass is 272 g/mol. The second-order valence-electron chi connectivity index (χ2n) is 6.79. The van der Waals surface area contributed by atoms with Crippen LogP contribution in [0.5, 0.6) is 0 Å². The molecule has 0 aliphatic rings. The molecule has 0 heterocycles. The first-order valence-corrected chi connectivity index (χ1v) is 8.74. The van der Waals surface area contributed by atoms with Crippen molar-refractivity contribution in [3.8, 4) is 0 Å². The molecule has 120 valence electrons. The fourth-order valence-electron chi connectivity index (χ4n) is 2.31. The van der Waals surface area contributed by atoms with Crippen LogP contribution in [0.1, 0.15) is 108 Å². The van der Waals surface area contributed by atoms with E-state index >= 15 is 0 Å². The van der Waals surface area contributed by atoms with Crippen molar-refractivity contribution >= 4 is 0 Å². The lowest BCUT2D eigenvalue weighted by Crippen LogP contribution is -2.25. The van der Waals surface area contributed by atoms with Crippen LogP contribution >= 0.6 is 0 Å². The molecule has 0 fully saturated rings. The molecule has 0 saturated heterocycles. The largest absolute Gasteiger partial charge is 0.0683 e. The average Bonchev–Trinajstić information content (AvgIpc) is 2.41. The summed E-state index contributed by atoms with van der Waals surface area (Å²) in [5.74, 6) is 0.848. The van der Waals surface area contributed by atoms with Crippen molar-refractivity contribution in [2.75, 3.05) is 0 Å². The lowest BCUT2D eigenvalue weighted by molar-refractivity contribution is 0.145. The Bertz CT molecular complexity index is 167. The summed E-state index contributed by atoms with van der Waals surface area (Å²) in [4.78, 5) is 0. The lowest BCUT2D eigenvalue weighted by Gasteiger charge is -2.37. The van der Waals surface area contributed by atoms with Gasteiger partial charge in [-0.2, -0.15) is 0 Å². The molecule has 0 nitrogen and oxygen atoms in total. The van der Waals surface area contributed by atoms with E-state index in [1.807, 2.05) is 27.7 Å². The van der Waals surface area contributed by atoms with E-state index in [9.17, 15) is 0 Å². The molecule has 0 amide bonds. The lowest BCUT2D eigenvalue weighted by atomic mass is 9.68. The number of hydrogen-bond donors (Lipinski definition) is 0. The van der Waals surface area contributed by atoms with Gasteiger partial charge in [0.1, 0.15) is 0 Å². The van der Waals surface area contributed by atoms with Gasteiger partial charge in [0, 0.05) is 0 Å². The normalized spacial score (nSPS) is 13.9. The van der Waals surface area contributed by atoms with Crippen molar-refractivity contribution in [3.05, 3.63) is 0 Å². The van der Waals surface area contributed by atoms with Crippen molar-refractivity contribution in [2.24, 2.45) is 16.7 Å². The Morgan fingerprint density at radius 2 is 1.21 bits per heavy atom. The quantitative estimate of drug-likeness (QED) is 0.445. The van der Waals surface area contributed by atoms with Crippen molar-refractivity contribution in [1.29, 1.82) is 0 Å². The van der Waals surface area contributed by atoms with Gasteiger partial charge in [0.05, 0.1) is 0 Å². The predicted octanol–water partition coefficient (Wildman–Crippen LogP) is 7.72. The Labute approximate surface area is 125 Å². The van der Waals surface area contributed by atoms with Crippen molar-refractivity contribution in [2.45, 2.75) is 108 Å². The van der Waals surface area contributed by atoms with Gasteiger partial charge in [-0.1, -0.05) is 95.4 Å². The van der Waals surface area contributed by atoms with Crippen LogP contribution in [0.2, 0.25) is 0 Å². The minimum Gasteiger partial charge on any atom is -0.0683 e. The summed E-state index contributed by atoms with van der Waals surface area (Å²) in [6.07, 6.45) is 6.77. The highest BCUT2D eigenvalue weighted by Gasteiger charge is 2.29. The second-order valence-corrected chi connectivity index (χ2v) is 6.79. The molecule has 0 aliphatic heterocycles. The summed E-state index contributed by atoms with van der Waals surface area (Å²) in [7, 11) is 0. The van der Waals surface area contributed by atoms with Crippen molar-refractivity contribution in [1.82, 2.24) is 0 Å². The summed E-state index contributed by atoms with van der Waals surface area (Å²) in [6.45, 7) is 24.6. The van der Waals surface area contributed by atoms with Gasteiger partial charge in [-0.3, -0.25) is 0 Å². The maximum absolute atomic E-state index is 2.48. The molecule has 0 bridgehead atoms. The third-order valence-corrected chi connectivity index (χ3v) is 4.04. The van der Waals surface area contributed by atoms with Gasteiger partial charge in [0.2, 0.25) is 0 Å². The first-order valence-electron chi connectivity index (χ1n) is 8.74. The highest BCUT2D eigenvalue weighted by molar-refractivity contribution is 4.81. The van der Waals surface area contributed by atoms with Gasteiger partial charge in [-0.15, -0.1) is 0 Å². The Morgan fingerprint density at radius 1 is 0.789 bits per heavy atom. The van der Waals surface area contributed by atoms with Crippen LogP contribution in [0.25, 0.3) is 0 Å². The van der Waals surface area contributed by atoms with E-state index in [-0.39, 0.29) is 0 Å². The highest BCUT2D eigenvalue weighted by Crippen LogP contribution is 2.42. The molecule has 0 aliphatic carbocycles. The second kappa shape index (κ2) is 13.0. The van der Waals surface area contributed by atoms with E-state index in [1.54, 1.807) is 0 Å². The zero-order valence-corrected chi connectivity index (χ0v) is 16.1. The van der Waals surface area contributed by atoms with Crippen molar-refractivity contribution in [3.63, 3.8) is 0 Å². The SMILES string of the molecule is CC.CC.CCC(C)(C)CC(C)(CC)CCC(C)C. The fraction of sp³-hybridized carbons (Fsp3) is 1.00. The minimum atomic E-state index is 0.516. The van der Waals surface area contributed by atoms with Crippen LogP contribution in [0.15, 0.2) is 0 Å². The Morgan fingerprint density at radius 3 is 1.47 bits per heavy atom. The molecule has 0 spiro atoms. The van der Waals surface area contributed by atoms with Crippen LogP contribution in [-0.4, -0.2) is 0 Å². The van der Waals surface area contributed by atoms with Crippen LogP contribution in [0.4, 0.5) is 0 Å². The third-order valence-electron chi connectivity index (χ3n) is 4.04. The zero-order valence-electron chi connectivity index (χ0n) is 16.1. The molecule has 0 N–H and O–H groups in total. The highest BCUT2D eigenvalue weighted by atomic mass is 14.3. The maximum atomic E-state index is 2.48. The third kappa shape index (κ3) is 14.2. The molecule has 0 aromatic heterocycles. The molecule has 1 unspecified atom stereocenters. The van der Waals surface area contributed by atoms with Gasteiger partial charge in [-0.05, 0) is 29.6 Å². The molecule has 0 aromatic rings. The van der Waals surface area contributed by atoms with E-state index in [2.05, 4.69) is 48.5 Å². The number of hydrogen-bond acceptors (Lipinski definition) is 0. The molecule has 0 rings (SSSR count). The van der Waals surface area contributed by atoms with Gasteiger partial charge in [0.15, 0.2) is 0 Å². The fourth-order valence-corrected chi connectivity index (χ4v) is 2.31. The zero-order chi connectivity index (χ0) is 16.1. The Balaban J connectivity index is -0.000000579. The summed E-state index contributed by atoms with van der Waals surface area (Å²) >= 11 is 0. The first-order chi connectivity index (χ1) is 8.74.